The van der Waals surface area contributed by atoms with Gasteiger partial charge < -0.3 is 15.0 Å². The van der Waals surface area contributed by atoms with Gasteiger partial charge in [-0.05, 0) is 19.3 Å². The van der Waals surface area contributed by atoms with Crippen LogP contribution in [-0.4, -0.2) is 49.2 Å². The molecule has 6 heteroatoms. The normalized spacial score (nSPS) is 15.6. The molecule has 1 amide bonds. The van der Waals surface area contributed by atoms with Gasteiger partial charge in [-0.1, -0.05) is 12.8 Å². The number of hydrogen-bond donors (Lipinski definition) is 1. The molecular formula is C15H24N4O2. The topological polar surface area (TPSA) is 67.3 Å². The highest BCUT2D eigenvalue weighted by Gasteiger charge is 2.13. The largest absolute Gasteiger partial charge is 0.385 e. The van der Waals surface area contributed by atoms with E-state index < -0.39 is 0 Å². The molecule has 0 bridgehead atoms. The number of carbonyl (C=O) groups excluding carboxylic acids is 1. The SMILES string of the molecule is COCCCNC(=O)c1cnc(N2CCCCCC2)nc1. The molecule has 0 aliphatic carbocycles. The van der Waals surface area contributed by atoms with Gasteiger partial charge in [-0.15, -0.1) is 0 Å². The summed E-state index contributed by atoms with van der Waals surface area (Å²) in [7, 11) is 1.65. The number of ether oxygens (including phenoxy) is 1. The summed E-state index contributed by atoms with van der Waals surface area (Å²) in [5.41, 5.74) is 0.506. The van der Waals surface area contributed by atoms with Crippen molar-refractivity contribution < 1.29 is 9.53 Å². The Labute approximate surface area is 125 Å². The summed E-state index contributed by atoms with van der Waals surface area (Å²) in [6.45, 7) is 3.25. The van der Waals surface area contributed by atoms with Crippen molar-refractivity contribution in [2.24, 2.45) is 0 Å². The number of aromatic nitrogens is 2. The number of rotatable bonds is 6. The van der Waals surface area contributed by atoms with Crippen LogP contribution in [0.15, 0.2) is 12.4 Å². The van der Waals surface area contributed by atoms with E-state index in [-0.39, 0.29) is 5.91 Å². The summed E-state index contributed by atoms with van der Waals surface area (Å²) in [4.78, 5) is 22.8. The van der Waals surface area contributed by atoms with Crippen molar-refractivity contribution in [1.82, 2.24) is 15.3 Å². The van der Waals surface area contributed by atoms with E-state index in [0.29, 0.717) is 18.7 Å². The molecule has 0 spiro atoms. The summed E-state index contributed by atoms with van der Waals surface area (Å²) in [6, 6.07) is 0. The molecule has 1 N–H and O–H groups in total. The van der Waals surface area contributed by atoms with Crippen molar-refractivity contribution in [3.05, 3.63) is 18.0 Å². The molecule has 0 radical (unpaired) electrons. The molecule has 116 valence electrons. The highest BCUT2D eigenvalue weighted by molar-refractivity contribution is 5.93. The van der Waals surface area contributed by atoms with E-state index in [0.717, 1.165) is 25.5 Å². The Morgan fingerprint density at radius 1 is 1.24 bits per heavy atom. The van der Waals surface area contributed by atoms with Gasteiger partial charge in [-0.25, -0.2) is 9.97 Å². The Balaban J connectivity index is 1.87. The van der Waals surface area contributed by atoms with Crippen molar-refractivity contribution in [2.45, 2.75) is 32.1 Å². The van der Waals surface area contributed by atoms with Gasteiger partial charge in [-0.3, -0.25) is 4.79 Å². The molecule has 1 fully saturated rings. The predicted octanol–water partition coefficient (Wildman–Crippen LogP) is 1.62. The van der Waals surface area contributed by atoms with Gasteiger partial charge in [-0.2, -0.15) is 0 Å². The summed E-state index contributed by atoms with van der Waals surface area (Å²) in [5, 5.41) is 2.83. The molecule has 21 heavy (non-hydrogen) atoms. The third kappa shape index (κ3) is 4.97. The minimum Gasteiger partial charge on any atom is -0.385 e. The molecular weight excluding hydrogens is 268 g/mol. The number of methoxy groups -OCH3 is 1. The molecule has 6 nitrogen and oxygen atoms in total. The molecule has 1 aliphatic rings. The van der Waals surface area contributed by atoms with Crippen LogP contribution in [0.4, 0.5) is 5.95 Å². The van der Waals surface area contributed by atoms with Crippen molar-refractivity contribution >= 4 is 11.9 Å². The predicted molar refractivity (Wildman–Crippen MR) is 81.5 cm³/mol. The third-order valence-electron chi connectivity index (χ3n) is 3.60. The molecule has 2 heterocycles. The van der Waals surface area contributed by atoms with Gasteiger partial charge in [0.15, 0.2) is 0 Å². The maximum absolute atomic E-state index is 11.9. The zero-order valence-electron chi connectivity index (χ0n) is 12.7. The van der Waals surface area contributed by atoms with Crippen LogP contribution in [0.3, 0.4) is 0 Å². The van der Waals surface area contributed by atoms with Crippen LogP contribution in [0, 0.1) is 0 Å². The second-order valence-corrected chi connectivity index (χ2v) is 5.28. The van der Waals surface area contributed by atoms with Gasteiger partial charge in [0.2, 0.25) is 5.95 Å². The fourth-order valence-electron chi connectivity index (χ4n) is 2.39. The number of nitrogens with one attached hydrogen (secondary N) is 1. The fraction of sp³-hybridized carbons (Fsp3) is 0.667. The van der Waals surface area contributed by atoms with Crippen LogP contribution in [-0.2, 0) is 4.74 Å². The van der Waals surface area contributed by atoms with E-state index >= 15 is 0 Å². The van der Waals surface area contributed by atoms with E-state index in [2.05, 4.69) is 20.2 Å². The van der Waals surface area contributed by atoms with Crippen molar-refractivity contribution in [3.63, 3.8) is 0 Å². The first kappa shape index (κ1) is 15.7. The van der Waals surface area contributed by atoms with E-state index in [1.807, 2.05) is 0 Å². The quantitative estimate of drug-likeness (QED) is 0.807. The second kappa shape index (κ2) is 8.56. The van der Waals surface area contributed by atoms with Crippen LogP contribution in [0.25, 0.3) is 0 Å². The van der Waals surface area contributed by atoms with Gasteiger partial charge in [0.05, 0.1) is 5.56 Å². The molecule has 0 unspecified atom stereocenters. The lowest BCUT2D eigenvalue weighted by Gasteiger charge is -2.19. The van der Waals surface area contributed by atoms with E-state index in [4.69, 9.17) is 4.74 Å². The Morgan fingerprint density at radius 3 is 2.52 bits per heavy atom. The summed E-state index contributed by atoms with van der Waals surface area (Å²) >= 11 is 0. The van der Waals surface area contributed by atoms with Gasteiger partial charge >= 0.3 is 0 Å². The lowest BCUT2D eigenvalue weighted by atomic mass is 10.2. The molecule has 1 aromatic heterocycles. The molecule has 0 saturated carbocycles. The summed E-state index contributed by atoms with van der Waals surface area (Å²) in [5.74, 6) is 0.598. The number of amides is 1. The smallest absolute Gasteiger partial charge is 0.254 e. The Bertz CT molecular complexity index is 428. The zero-order chi connectivity index (χ0) is 14.9. The van der Waals surface area contributed by atoms with Gasteiger partial charge in [0, 0.05) is 45.7 Å². The fourth-order valence-corrected chi connectivity index (χ4v) is 2.39. The standard InChI is InChI=1S/C15H24N4O2/c1-21-10-6-7-16-14(20)13-11-17-15(18-12-13)19-8-4-2-3-5-9-19/h11-12H,2-10H2,1H3,(H,16,20). The molecule has 1 aromatic rings. The van der Waals surface area contributed by atoms with E-state index in [1.54, 1.807) is 19.5 Å². The third-order valence-corrected chi connectivity index (χ3v) is 3.60. The van der Waals surface area contributed by atoms with Gasteiger partial charge in [0.25, 0.3) is 5.91 Å². The van der Waals surface area contributed by atoms with Crippen LogP contribution in [0.5, 0.6) is 0 Å². The van der Waals surface area contributed by atoms with Crippen molar-refractivity contribution in [2.75, 3.05) is 38.3 Å². The number of carbonyl (C=O) groups is 1. The molecule has 1 saturated heterocycles. The number of anilines is 1. The lowest BCUT2D eigenvalue weighted by molar-refractivity contribution is 0.0948. The molecule has 0 atom stereocenters. The first-order valence-corrected chi connectivity index (χ1v) is 7.65. The first-order chi connectivity index (χ1) is 10.3. The van der Waals surface area contributed by atoms with Crippen LogP contribution in [0.2, 0.25) is 0 Å². The molecule has 0 aromatic carbocycles. The Hall–Kier alpha value is -1.69. The first-order valence-electron chi connectivity index (χ1n) is 7.65. The maximum atomic E-state index is 11.9. The monoisotopic (exact) mass is 292 g/mol. The van der Waals surface area contributed by atoms with E-state index in [9.17, 15) is 4.79 Å². The summed E-state index contributed by atoms with van der Waals surface area (Å²) in [6.07, 6.45) is 8.94. The van der Waals surface area contributed by atoms with Crippen molar-refractivity contribution in [3.8, 4) is 0 Å². The Morgan fingerprint density at radius 2 is 1.90 bits per heavy atom. The van der Waals surface area contributed by atoms with Crippen LogP contribution >= 0.6 is 0 Å². The number of hydrogen-bond acceptors (Lipinski definition) is 5. The minimum absolute atomic E-state index is 0.131. The molecule has 1 aliphatic heterocycles. The summed E-state index contributed by atoms with van der Waals surface area (Å²) < 4.78 is 4.94. The van der Waals surface area contributed by atoms with Crippen molar-refractivity contribution in [1.29, 1.82) is 0 Å². The minimum atomic E-state index is -0.131. The average molecular weight is 292 g/mol. The number of nitrogens with zero attached hydrogens (tertiary/aromatic N) is 3. The highest BCUT2D eigenvalue weighted by Crippen LogP contribution is 2.15. The highest BCUT2D eigenvalue weighted by atomic mass is 16.5. The molecule has 2 rings (SSSR count). The van der Waals surface area contributed by atoms with E-state index in [1.165, 1.54) is 25.7 Å². The zero-order valence-corrected chi connectivity index (χ0v) is 12.7. The second-order valence-electron chi connectivity index (χ2n) is 5.28. The van der Waals surface area contributed by atoms with Crippen LogP contribution in [0.1, 0.15) is 42.5 Å². The van der Waals surface area contributed by atoms with Gasteiger partial charge in [0.1, 0.15) is 0 Å². The average Bonchev–Trinajstić information content (AvgIpc) is 2.81. The Kier molecular flexibility index (Phi) is 6.40. The lowest BCUT2D eigenvalue weighted by Crippen LogP contribution is -2.28. The maximum Gasteiger partial charge on any atom is 0.254 e. The van der Waals surface area contributed by atoms with Crippen LogP contribution < -0.4 is 10.2 Å².